The second kappa shape index (κ2) is 7.62. The van der Waals surface area contributed by atoms with Crippen molar-refractivity contribution in [3.05, 3.63) is 22.4 Å². The molecule has 27 heavy (non-hydrogen) atoms. The molecule has 1 aromatic rings. The molecular formula is C20H26N2O4S. The molecule has 2 amide bonds. The molecule has 4 aliphatic carbocycles. The molecule has 1 heterocycles. The Morgan fingerprint density at radius 2 is 1.74 bits per heavy atom. The lowest BCUT2D eigenvalue weighted by Gasteiger charge is -2.55. The highest BCUT2D eigenvalue weighted by Crippen LogP contribution is 2.60. The fourth-order valence-electron chi connectivity index (χ4n) is 5.58. The summed E-state index contributed by atoms with van der Waals surface area (Å²) >= 11 is 1.55. The number of hydrogen-bond acceptors (Lipinski definition) is 5. The van der Waals surface area contributed by atoms with Crippen LogP contribution in [-0.4, -0.2) is 30.9 Å². The van der Waals surface area contributed by atoms with Gasteiger partial charge in [0, 0.05) is 10.3 Å². The topological polar surface area (TPSA) is 84.5 Å². The van der Waals surface area contributed by atoms with E-state index in [1.165, 1.54) is 19.3 Å². The minimum atomic E-state index is -0.570. The van der Waals surface area contributed by atoms with Gasteiger partial charge in [0.2, 0.25) is 5.91 Å². The lowest BCUT2D eigenvalue weighted by Crippen LogP contribution is -2.54. The van der Waals surface area contributed by atoms with Gasteiger partial charge in [-0.3, -0.25) is 14.4 Å². The lowest BCUT2D eigenvalue weighted by atomic mass is 9.49. The number of nitrogens with one attached hydrogen (secondary N) is 2. The molecule has 2 N–H and O–H groups in total. The second-order valence-corrected chi connectivity index (χ2v) is 9.43. The molecule has 0 atom stereocenters. The number of carbonyl (C=O) groups excluding carboxylic acids is 3. The van der Waals surface area contributed by atoms with Crippen molar-refractivity contribution in [1.29, 1.82) is 0 Å². The van der Waals surface area contributed by atoms with Gasteiger partial charge in [0.15, 0.2) is 6.61 Å². The maximum atomic E-state index is 12.8. The average Bonchev–Trinajstić information content (AvgIpc) is 3.15. The minimum Gasteiger partial charge on any atom is -0.454 e. The van der Waals surface area contributed by atoms with Crippen LogP contribution in [0.5, 0.6) is 0 Å². The molecule has 0 aliphatic heterocycles. The van der Waals surface area contributed by atoms with Crippen molar-refractivity contribution in [1.82, 2.24) is 10.6 Å². The molecule has 4 saturated carbocycles. The molecule has 5 rings (SSSR count). The zero-order chi connectivity index (χ0) is 18.9. The summed E-state index contributed by atoms with van der Waals surface area (Å²) in [5.74, 6) is 1.13. The third-order valence-electron chi connectivity index (χ3n) is 6.32. The first kappa shape index (κ1) is 18.5. The van der Waals surface area contributed by atoms with Crippen molar-refractivity contribution < 1.29 is 19.1 Å². The van der Waals surface area contributed by atoms with E-state index in [2.05, 4.69) is 10.6 Å². The number of carbonyl (C=O) groups is 3. The fraction of sp³-hybridized carbons (Fsp3) is 0.650. The molecule has 4 aliphatic rings. The Kier molecular flexibility index (Phi) is 5.21. The number of esters is 1. The smallest absolute Gasteiger partial charge is 0.325 e. The number of thiophene rings is 1. The van der Waals surface area contributed by atoms with Gasteiger partial charge in [-0.1, -0.05) is 6.07 Å². The van der Waals surface area contributed by atoms with Gasteiger partial charge < -0.3 is 15.4 Å². The summed E-state index contributed by atoms with van der Waals surface area (Å²) in [4.78, 5) is 37.5. The highest BCUT2D eigenvalue weighted by Gasteiger charge is 2.54. The largest absolute Gasteiger partial charge is 0.454 e. The average molecular weight is 391 g/mol. The molecule has 0 saturated heterocycles. The number of rotatable bonds is 7. The van der Waals surface area contributed by atoms with Crippen LogP contribution in [-0.2, 0) is 25.7 Å². The van der Waals surface area contributed by atoms with Crippen LogP contribution in [0.2, 0.25) is 0 Å². The van der Waals surface area contributed by atoms with E-state index in [1.807, 2.05) is 17.5 Å². The van der Waals surface area contributed by atoms with Gasteiger partial charge in [-0.15, -0.1) is 11.3 Å². The van der Waals surface area contributed by atoms with E-state index in [1.54, 1.807) is 11.3 Å². The van der Waals surface area contributed by atoms with Crippen molar-refractivity contribution in [3.8, 4) is 0 Å². The molecule has 146 valence electrons. The van der Waals surface area contributed by atoms with Crippen LogP contribution in [0.25, 0.3) is 0 Å². The Morgan fingerprint density at radius 3 is 2.33 bits per heavy atom. The molecule has 0 radical (unpaired) electrons. The van der Waals surface area contributed by atoms with Crippen molar-refractivity contribution in [2.24, 2.45) is 23.2 Å². The number of ether oxygens (including phenoxy) is 1. The monoisotopic (exact) mass is 390 g/mol. The van der Waals surface area contributed by atoms with E-state index >= 15 is 0 Å². The first-order valence-electron chi connectivity index (χ1n) is 9.75. The highest BCUT2D eigenvalue weighted by molar-refractivity contribution is 7.09. The Bertz CT molecular complexity index is 680. The maximum absolute atomic E-state index is 12.8. The Labute approximate surface area is 163 Å². The van der Waals surface area contributed by atoms with E-state index < -0.39 is 5.97 Å². The maximum Gasteiger partial charge on any atom is 0.325 e. The van der Waals surface area contributed by atoms with Crippen LogP contribution in [0.1, 0.15) is 43.4 Å². The molecule has 0 unspecified atom stereocenters. The normalized spacial score (nSPS) is 30.7. The SMILES string of the molecule is O=C(COC(=O)CNC(=O)C12CC3CC(CC(C3)C1)C2)NCc1cccs1. The van der Waals surface area contributed by atoms with Crippen molar-refractivity contribution in [2.75, 3.05) is 13.2 Å². The van der Waals surface area contributed by atoms with Gasteiger partial charge in [0.25, 0.3) is 5.91 Å². The highest BCUT2D eigenvalue weighted by atomic mass is 32.1. The Morgan fingerprint density at radius 1 is 1.07 bits per heavy atom. The molecule has 4 bridgehead atoms. The van der Waals surface area contributed by atoms with Crippen LogP contribution in [0, 0.1) is 23.2 Å². The molecule has 4 fully saturated rings. The first-order valence-corrected chi connectivity index (χ1v) is 10.6. The Balaban J connectivity index is 1.18. The van der Waals surface area contributed by atoms with E-state index in [-0.39, 0.29) is 30.4 Å². The van der Waals surface area contributed by atoms with Gasteiger partial charge in [0.05, 0.1) is 6.54 Å². The predicted molar refractivity (Wildman–Crippen MR) is 101 cm³/mol. The van der Waals surface area contributed by atoms with E-state index in [4.69, 9.17) is 4.74 Å². The first-order chi connectivity index (χ1) is 13.0. The number of amides is 2. The molecule has 0 spiro atoms. The summed E-state index contributed by atoms with van der Waals surface area (Å²) in [5, 5.41) is 7.41. The predicted octanol–water partition coefficient (Wildman–Crippen LogP) is 2.24. The van der Waals surface area contributed by atoms with Crippen LogP contribution < -0.4 is 10.6 Å². The van der Waals surface area contributed by atoms with Crippen molar-refractivity contribution in [2.45, 2.75) is 45.1 Å². The summed E-state index contributed by atoms with van der Waals surface area (Å²) in [6.07, 6.45) is 6.71. The summed E-state index contributed by atoms with van der Waals surface area (Å²) in [7, 11) is 0. The summed E-state index contributed by atoms with van der Waals surface area (Å²) in [6, 6.07) is 3.84. The summed E-state index contributed by atoms with van der Waals surface area (Å²) < 4.78 is 4.98. The third kappa shape index (κ3) is 4.18. The molecular weight excluding hydrogens is 364 g/mol. The van der Waals surface area contributed by atoms with Crippen LogP contribution in [0.3, 0.4) is 0 Å². The van der Waals surface area contributed by atoms with Crippen LogP contribution >= 0.6 is 11.3 Å². The second-order valence-electron chi connectivity index (χ2n) is 8.40. The molecule has 0 aromatic carbocycles. The quantitative estimate of drug-likeness (QED) is 0.700. The fourth-order valence-corrected chi connectivity index (χ4v) is 6.22. The standard InChI is InChI=1S/C20H26N2O4S/c23-17(21-10-16-2-1-3-27-16)12-26-18(24)11-22-19(25)20-7-13-4-14(8-20)6-15(5-13)9-20/h1-3,13-15H,4-12H2,(H,21,23)(H,22,25). The summed E-state index contributed by atoms with van der Waals surface area (Å²) in [5.41, 5.74) is -0.271. The van der Waals surface area contributed by atoms with Gasteiger partial charge in [-0.25, -0.2) is 0 Å². The van der Waals surface area contributed by atoms with E-state index in [9.17, 15) is 14.4 Å². The Hall–Kier alpha value is -1.89. The zero-order valence-corrected chi connectivity index (χ0v) is 16.2. The van der Waals surface area contributed by atoms with Gasteiger partial charge >= 0.3 is 5.97 Å². The molecule has 6 nitrogen and oxygen atoms in total. The van der Waals surface area contributed by atoms with Crippen molar-refractivity contribution in [3.63, 3.8) is 0 Å². The van der Waals surface area contributed by atoms with Crippen molar-refractivity contribution >= 4 is 29.1 Å². The van der Waals surface area contributed by atoms with Crippen LogP contribution in [0.4, 0.5) is 0 Å². The third-order valence-corrected chi connectivity index (χ3v) is 7.19. The zero-order valence-electron chi connectivity index (χ0n) is 15.4. The van der Waals surface area contributed by atoms with E-state index in [0.29, 0.717) is 24.3 Å². The minimum absolute atomic E-state index is 0.000645. The van der Waals surface area contributed by atoms with Gasteiger partial charge in [0.1, 0.15) is 6.54 Å². The molecule has 7 heteroatoms. The van der Waals surface area contributed by atoms with Gasteiger partial charge in [-0.2, -0.15) is 0 Å². The van der Waals surface area contributed by atoms with E-state index in [0.717, 1.165) is 24.1 Å². The number of hydrogen-bond donors (Lipinski definition) is 2. The molecule has 1 aromatic heterocycles. The van der Waals surface area contributed by atoms with Gasteiger partial charge in [-0.05, 0) is 67.7 Å². The lowest BCUT2D eigenvalue weighted by molar-refractivity contribution is -0.152. The van der Waals surface area contributed by atoms with Crippen LogP contribution in [0.15, 0.2) is 17.5 Å². The summed E-state index contributed by atoms with van der Waals surface area (Å²) in [6.45, 7) is -0.0625.